The Labute approximate surface area is 211 Å². The summed E-state index contributed by atoms with van der Waals surface area (Å²) >= 11 is 2.41. The first-order valence-electron chi connectivity index (χ1n) is 10.9. The predicted octanol–water partition coefficient (Wildman–Crippen LogP) is 1.53. The molecule has 172 valence electrons. The maximum absolute atomic E-state index is 10.1. The fourth-order valence-corrected chi connectivity index (χ4v) is 4.85. The van der Waals surface area contributed by atoms with E-state index in [1.165, 1.54) is 23.1 Å². The van der Waals surface area contributed by atoms with Gasteiger partial charge in [0.05, 0.1) is 32.2 Å². The number of quaternary nitrogens is 1. The third-order valence-electron chi connectivity index (χ3n) is 6.81. The second-order valence-corrected chi connectivity index (χ2v) is 11.3. The predicted molar refractivity (Wildman–Crippen MR) is 130 cm³/mol. The standard InChI is InChI=1S/C21H26NO3.C4H9I.BrH/c1-5-9-22(3)10-8-21-7-6-15(23)12-18(21)25-20-17(24-4)11-14(2)16(13-22)19(20)21;1-3-4(2)5;/h1,6-7,11,15,18,23H,8-10,12-13H2,2-4H3;4H,3H2,1-2H3;1H/q+1;;/p-1/t15-,18?,21?,22?;;/m0../s1. The summed E-state index contributed by atoms with van der Waals surface area (Å²) in [4.78, 5) is 0. The number of hydrogen-bond acceptors (Lipinski definition) is 3. The molecule has 0 fully saturated rings. The third-order valence-corrected chi connectivity index (χ3v) is 7.69. The summed E-state index contributed by atoms with van der Waals surface area (Å²) in [6.07, 6.45) is 12.2. The van der Waals surface area contributed by atoms with E-state index in [4.69, 9.17) is 15.9 Å². The maximum Gasteiger partial charge on any atom is 0.166 e. The summed E-state index contributed by atoms with van der Waals surface area (Å²) in [5.74, 6) is 4.52. The van der Waals surface area contributed by atoms with Gasteiger partial charge in [-0.3, -0.25) is 0 Å². The highest BCUT2D eigenvalue weighted by Crippen LogP contribution is 2.56. The van der Waals surface area contributed by atoms with Crippen LogP contribution in [0, 0.1) is 19.3 Å². The molecule has 4 nitrogen and oxygen atoms in total. The molecule has 4 rings (SSSR count). The molecule has 1 spiro atoms. The fraction of sp³-hybridized carbons (Fsp3) is 0.600. The number of terminal acetylenes is 1. The fourth-order valence-electron chi connectivity index (χ4n) is 4.85. The lowest BCUT2D eigenvalue weighted by molar-refractivity contribution is -0.915. The molecule has 5 atom stereocenters. The van der Waals surface area contributed by atoms with Crippen molar-refractivity contribution in [3.63, 3.8) is 0 Å². The van der Waals surface area contributed by atoms with Crippen LogP contribution < -0.4 is 26.5 Å². The molecule has 31 heavy (non-hydrogen) atoms. The van der Waals surface area contributed by atoms with Crippen molar-refractivity contribution >= 4 is 22.6 Å². The van der Waals surface area contributed by atoms with E-state index in [9.17, 15) is 5.11 Å². The van der Waals surface area contributed by atoms with Crippen LogP contribution in [0.1, 0.15) is 49.8 Å². The quantitative estimate of drug-likeness (QED) is 0.187. The zero-order valence-electron chi connectivity index (χ0n) is 19.3. The number of methoxy groups -OCH3 is 1. The SMILES string of the molecule is C#CC[N+]1(C)CCC23C=C[C@H](O)CC2Oc2c(OC)cc(C)c(c23)C1.CCC(C)I.[Br-]. The Balaban J connectivity index is 0.000000514. The molecule has 0 bridgehead atoms. The summed E-state index contributed by atoms with van der Waals surface area (Å²) in [7, 11) is 3.93. The molecule has 3 aliphatic rings. The van der Waals surface area contributed by atoms with Gasteiger partial charge in [-0.05, 0) is 30.9 Å². The van der Waals surface area contributed by atoms with E-state index >= 15 is 0 Å². The molecule has 4 unspecified atom stereocenters. The van der Waals surface area contributed by atoms with Crippen molar-refractivity contribution in [3.05, 3.63) is 34.9 Å². The highest BCUT2D eigenvalue weighted by atomic mass is 127. The van der Waals surface area contributed by atoms with Gasteiger partial charge in [-0.15, -0.1) is 6.42 Å². The number of alkyl halides is 1. The zero-order valence-corrected chi connectivity index (χ0v) is 23.0. The summed E-state index contributed by atoms with van der Waals surface area (Å²) in [6.45, 7) is 9.15. The number of ether oxygens (including phenoxy) is 2. The van der Waals surface area contributed by atoms with Crippen LogP contribution in [0.25, 0.3) is 0 Å². The Morgan fingerprint density at radius 2 is 2.16 bits per heavy atom. The topological polar surface area (TPSA) is 38.7 Å². The molecule has 1 aromatic rings. The molecule has 6 heteroatoms. The van der Waals surface area contributed by atoms with E-state index in [-0.39, 0.29) is 28.5 Å². The molecule has 0 amide bonds. The first-order valence-corrected chi connectivity index (χ1v) is 12.1. The first-order chi connectivity index (χ1) is 14.2. The minimum atomic E-state index is -0.449. The van der Waals surface area contributed by atoms with Crippen LogP contribution in [0.2, 0.25) is 0 Å². The molecular weight excluding hydrogens is 569 g/mol. The summed E-state index contributed by atoms with van der Waals surface area (Å²) < 4.78 is 13.7. The minimum absolute atomic E-state index is 0. The van der Waals surface area contributed by atoms with Crippen molar-refractivity contribution in [2.24, 2.45) is 0 Å². The highest BCUT2D eigenvalue weighted by molar-refractivity contribution is 14.1. The molecule has 1 N–H and O–H groups in total. The van der Waals surface area contributed by atoms with Crippen molar-refractivity contribution in [1.29, 1.82) is 0 Å². The molecule has 2 aliphatic heterocycles. The Hall–Kier alpha value is -0.750. The monoisotopic (exact) mass is 603 g/mol. The van der Waals surface area contributed by atoms with E-state index in [2.05, 4.69) is 68.5 Å². The molecule has 0 saturated carbocycles. The van der Waals surface area contributed by atoms with Gasteiger partial charge in [0, 0.05) is 27.9 Å². The van der Waals surface area contributed by atoms with E-state index in [1.54, 1.807) is 7.11 Å². The van der Waals surface area contributed by atoms with Crippen LogP contribution >= 0.6 is 22.6 Å². The number of aliphatic hydroxyl groups excluding tert-OH is 1. The lowest BCUT2D eigenvalue weighted by Crippen LogP contribution is -3.00. The number of aryl methyl sites for hydroxylation is 1. The molecular formula is C25H35BrINO3. The number of aliphatic hydroxyl groups is 1. The van der Waals surface area contributed by atoms with Crippen molar-refractivity contribution in [3.8, 4) is 23.8 Å². The zero-order chi connectivity index (χ0) is 22.1. The largest absolute Gasteiger partial charge is 1.00 e. The second-order valence-electron chi connectivity index (χ2n) is 9.19. The van der Waals surface area contributed by atoms with Crippen molar-refractivity contribution in [2.45, 2.75) is 68.1 Å². The highest BCUT2D eigenvalue weighted by Gasteiger charge is 2.55. The van der Waals surface area contributed by atoms with Crippen LogP contribution in [0.4, 0.5) is 0 Å². The molecule has 1 aliphatic carbocycles. The van der Waals surface area contributed by atoms with Crippen LogP contribution in [0.15, 0.2) is 18.2 Å². The van der Waals surface area contributed by atoms with Crippen LogP contribution in [-0.4, -0.2) is 53.0 Å². The van der Waals surface area contributed by atoms with E-state index in [1.807, 2.05) is 6.08 Å². The number of rotatable bonds is 3. The number of nitrogens with zero attached hydrogens (tertiary/aromatic N) is 1. The van der Waals surface area contributed by atoms with Crippen molar-refractivity contribution in [2.75, 3.05) is 27.2 Å². The van der Waals surface area contributed by atoms with Crippen molar-refractivity contribution < 1.29 is 36.0 Å². The average molecular weight is 604 g/mol. The van der Waals surface area contributed by atoms with Gasteiger partial charge < -0.3 is 36.0 Å². The van der Waals surface area contributed by atoms with Gasteiger partial charge in [0.15, 0.2) is 11.5 Å². The lowest BCUT2D eigenvalue weighted by Gasteiger charge is -2.36. The molecule has 2 heterocycles. The van der Waals surface area contributed by atoms with Gasteiger partial charge in [0.2, 0.25) is 0 Å². The molecule has 0 aromatic heterocycles. The second kappa shape index (κ2) is 10.5. The number of hydrogen-bond donors (Lipinski definition) is 1. The number of benzene rings is 1. The number of halogens is 2. The first kappa shape index (κ1) is 26.5. The van der Waals surface area contributed by atoms with Gasteiger partial charge in [-0.25, -0.2) is 0 Å². The van der Waals surface area contributed by atoms with Crippen LogP contribution in [-0.2, 0) is 12.0 Å². The Kier molecular flexibility index (Phi) is 8.94. The lowest BCUT2D eigenvalue weighted by atomic mass is 9.68. The van der Waals surface area contributed by atoms with Gasteiger partial charge in [0.25, 0.3) is 0 Å². The summed E-state index contributed by atoms with van der Waals surface area (Å²) in [5.41, 5.74) is 3.63. The summed E-state index contributed by atoms with van der Waals surface area (Å²) in [6, 6.07) is 2.07. The third kappa shape index (κ3) is 5.10. The molecule has 0 radical (unpaired) electrons. The smallest absolute Gasteiger partial charge is 0.166 e. The van der Waals surface area contributed by atoms with E-state index < -0.39 is 6.10 Å². The minimum Gasteiger partial charge on any atom is -1.00 e. The Morgan fingerprint density at radius 3 is 2.74 bits per heavy atom. The Bertz CT molecular complexity index is 865. The molecule has 0 saturated heterocycles. The van der Waals surface area contributed by atoms with Gasteiger partial charge in [-0.1, -0.05) is 48.6 Å². The molecule has 1 aromatic carbocycles. The van der Waals surface area contributed by atoms with Crippen LogP contribution in [0.5, 0.6) is 11.5 Å². The normalized spacial score (nSPS) is 30.8. The van der Waals surface area contributed by atoms with E-state index in [0.29, 0.717) is 13.0 Å². The van der Waals surface area contributed by atoms with Gasteiger partial charge in [0.1, 0.15) is 19.2 Å². The maximum atomic E-state index is 10.1. The summed E-state index contributed by atoms with van der Waals surface area (Å²) in [5, 5.41) is 10.1. The van der Waals surface area contributed by atoms with E-state index in [0.717, 1.165) is 39.4 Å². The Morgan fingerprint density at radius 1 is 1.48 bits per heavy atom. The average Bonchev–Trinajstić information content (AvgIpc) is 2.96. The van der Waals surface area contributed by atoms with Crippen molar-refractivity contribution in [1.82, 2.24) is 0 Å². The van der Waals surface area contributed by atoms with Crippen LogP contribution in [0.3, 0.4) is 0 Å². The van der Waals surface area contributed by atoms with Gasteiger partial charge >= 0.3 is 0 Å². The van der Waals surface area contributed by atoms with Gasteiger partial charge in [-0.2, -0.15) is 0 Å².